The zero-order valence-electron chi connectivity index (χ0n) is 20.8. The van der Waals surface area contributed by atoms with Crippen molar-refractivity contribution in [3.8, 4) is 18.0 Å². The summed E-state index contributed by atoms with van der Waals surface area (Å²) in [5, 5.41) is 11.8. The summed E-state index contributed by atoms with van der Waals surface area (Å²) in [5.41, 5.74) is 9.85. The van der Waals surface area contributed by atoms with Crippen molar-refractivity contribution in [2.24, 2.45) is 5.73 Å². The second kappa shape index (κ2) is 16.6. The number of carbonyl (C=O) groups excluding carboxylic acids is 1. The van der Waals surface area contributed by atoms with Crippen LogP contribution in [0.1, 0.15) is 42.5 Å². The van der Waals surface area contributed by atoms with Crippen molar-refractivity contribution in [1.29, 1.82) is 5.26 Å². The number of nitrogens with two attached hydrogens (primary N) is 1. The van der Waals surface area contributed by atoms with E-state index in [0.29, 0.717) is 18.5 Å². The summed E-state index contributed by atoms with van der Waals surface area (Å²) in [4.78, 5) is 14.8. The molecule has 1 amide bonds. The van der Waals surface area contributed by atoms with E-state index in [1.165, 1.54) is 11.1 Å². The van der Waals surface area contributed by atoms with Crippen molar-refractivity contribution in [2.75, 3.05) is 13.6 Å². The maximum Gasteiger partial charge on any atom is 0.253 e. The third kappa shape index (κ3) is 11.6. The molecule has 0 atom stereocenters. The fourth-order valence-corrected chi connectivity index (χ4v) is 2.94. The fraction of sp³-hybridized carbons (Fsp3) is 0.310. The van der Waals surface area contributed by atoms with Crippen LogP contribution in [0, 0.1) is 30.2 Å². The highest BCUT2D eigenvalue weighted by atomic mass is 16.1. The van der Waals surface area contributed by atoms with Crippen LogP contribution in [0.5, 0.6) is 0 Å². The average Bonchev–Trinajstić information content (AvgIpc) is 2.86. The van der Waals surface area contributed by atoms with Gasteiger partial charge in [-0.25, -0.2) is 0 Å². The number of rotatable bonds is 10. The number of nitrogens with one attached hydrogen (secondary N) is 1. The van der Waals surface area contributed by atoms with E-state index >= 15 is 0 Å². The van der Waals surface area contributed by atoms with E-state index in [2.05, 4.69) is 67.2 Å². The topological polar surface area (TPSA) is 82.2 Å². The number of hydrogen-bond donors (Lipinski definition) is 2. The summed E-state index contributed by atoms with van der Waals surface area (Å²) in [6, 6.07) is 20.7. The molecule has 0 fully saturated rings. The third-order valence-electron chi connectivity index (χ3n) is 4.93. The maximum atomic E-state index is 12.7. The molecule has 0 saturated heterocycles. The van der Waals surface area contributed by atoms with Crippen LogP contribution < -0.4 is 11.1 Å². The van der Waals surface area contributed by atoms with Crippen molar-refractivity contribution in [2.45, 2.75) is 46.6 Å². The predicted octanol–water partition coefficient (Wildman–Crippen LogP) is 4.63. The van der Waals surface area contributed by atoms with Gasteiger partial charge in [0.15, 0.2) is 0 Å². The lowest BCUT2D eigenvalue weighted by atomic mass is 10.1. The molecule has 3 N–H and O–H groups in total. The first-order valence-electron chi connectivity index (χ1n) is 11.4. The molecule has 5 nitrogen and oxygen atoms in total. The number of amides is 1. The van der Waals surface area contributed by atoms with E-state index in [4.69, 9.17) is 5.26 Å². The lowest BCUT2D eigenvalue weighted by Gasteiger charge is -2.16. The van der Waals surface area contributed by atoms with Crippen LogP contribution in [0.4, 0.5) is 0 Å². The number of benzene rings is 2. The largest absolute Gasteiger partial charge is 0.379 e. The molecule has 2 rings (SSSR count). The molecule has 0 radical (unpaired) electrons. The molecule has 0 aliphatic heterocycles. The van der Waals surface area contributed by atoms with E-state index in [1.54, 1.807) is 6.92 Å². The van der Waals surface area contributed by atoms with Gasteiger partial charge in [0.1, 0.15) is 0 Å². The third-order valence-corrected chi connectivity index (χ3v) is 4.93. The van der Waals surface area contributed by atoms with Gasteiger partial charge >= 0.3 is 0 Å². The van der Waals surface area contributed by atoms with Crippen LogP contribution in [0.3, 0.4) is 0 Å². The highest BCUT2D eigenvalue weighted by molar-refractivity contribution is 5.96. The first-order valence-corrected chi connectivity index (χ1v) is 11.4. The van der Waals surface area contributed by atoms with Crippen molar-refractivity contribution >= 4 is 5.91 Å². The predicted molar refractivity (Wildman–Crippen MR) is 140 cm³/mol. The smallest absolute Gasteiger partial charge is 0.253 e. The number of carbonyl (C=O) groups is 1. The Hall–Kier alpha value is -3.96. The minimum atomic E-state index is -0.0759. The Balaban J connectivity index is 0.00000133. The van der Waals surface area contributed by atoms with Gasteiger partial charge in [-0.1, -0.05) is 79.1 Å². The van der Waals surface area contributed by atoms with E-state index < -0.39 is 0 Å². The minimum absolute atomic E-state index is 0.0759. The second-order valence-corrected chi connectivity index (χ2v) is 7.84. The molecule has 178 valence electrons. The van der Waals surface area contributed by atoms with Gasteiger partial charge in [-0.15, -0.1) is 0 Å². The summed E-state index contributed by atoms with van der Waals surface area (Å²) < 4.78 is 0. The van der Waals surface area contributed by atoms with Crippen molar-refractivity contribution < 1.29 is 4.79 Å². The van der Waals surface area contributed by atoms with Gasteiger partial charge in [-0.3, -0.25) is 4.79 Å². The number of likely N-dealkylation sites (N-methyl/N-ethyl adjacent to an activating group) is 1. The molecule has 34 heavy (non-hydrogen) atoms. The molecule has 2 aromatic rings. The molecule has 0 heterocycles. The number of allylic oxidation sites excluding steroid dienone is 1. The summed E-state index contributed by atoms with van der Waals surface area (Å²) in [6.07, 6.45) is 7.97. The van der Waals surface area contributed by atoms with Crippen LogP contribution in [-0.4, -0.2) is 24.4 Å². The van der Waals surface area contributed by atoms with Gasteiger partial charge in [-0.2, -0.15) is 5.26 Å². The van der Waals surface area contributed by atoms with E-state index in [9.17, 15) is 4.79 Å². The Labute approximate surface area is 205 Å². The molecule has 0 aromatic heterocycles. The van der Waals surface area contributed by atoms with E-state index in [-0.39, 0.29) is 5.91 Å². The summed E-state index contributed by atoms with van der Waals surface area (Å²) >= 11 is 0. The SMILES string of the molecule is CC#CN.CC/C=C/C(=C\N(C)CCc1ccc(CC#N)cc1)C(=O)NCc1ccc(C)cc1. The van der Waals surface area contributed by atoms with Gasteiger partial charge in [0.05, 0.1) is 18.1 Å². The normalized spacial score (nSPS) is 10.4. The van der Waals surface area contributed by atoms with Crippen molar-refractivity contribution in [3.63, 3.8) is 0 Å². The van der Waals surface area contributed by atoms with Gasteiger partial charge in [0, 0.05) is 32.4 Å². The number of nitrogens with zero attached hydrogens (tertiary/aromatic N) is 2. The van der Waals surface area contributed by atoms with Gasteiger partial charge in [0.25, 0.3) is 5.91 Å². The quantitative estimate of drug-likeness (QED) is 0.236. The molecule has 0 bridgehead atoms. The highest BCUT2D eigenvalue weighted by Gasteiger charge is 2.08. The monoisotopic (exact) mass is 456 g/mol. The van der Waals surface area contributed by atoms with Crippen molar-refractivity contribution in [3.05, 3.63) is 94.7 Å². The van der Waals surface area contributed by atoms with E-state index in [0.717, 1.165) is 30.5 Å². The Morgan fingerprint density at radius 3 is 2.24 bits per heavy atom. The van der Waals surface area contributed by atoms with Gasteiger partial charge < -0.3 is 16.0 Å². The molecule has 0 spiro atoms. The molecule has 0 unspecified atom stereocenters. The first-order chi connectivity index (χ1) is 16.4. The number of aryl methyl sites for hydroxylation is 1. The fourth-order valence-electron chi connectivity index (χ4n) is 2.94. The Kier molecular flexibility index (Phi) is 13.7. The minimum Gasteiger partial charge on any atom is -0.379 e. The molecular formula is C29H36N4O. The number of nitriles is 1. The van der Waals surface area contributed by atoms with Crippen LogP contribution in [0.25, 0.3) is 0 Å². The highest BCUT2D eigenvalue weighted by Crippen LogP contribution is 2.08. The lowest BCUT2D eigenvalue weighted by molar-refractivity contribution is -0.117. The zero-order valence-corrected chi connectivity index (χ0v) is 20.8. The molecule has 5 heteroatoms. The standard InChI is InChI=1S/C26H31N3O.C3H5N/c1-4-5-6-25(26(30)28-19-24-9-7-21(2)8-10-24)20-29(3)18-16-23-13-11-22(12-14-23)15-17-27;1-2-3-4/h5-14,20H,4,15-16,18-19H2,1-3H3,(H,28,30);4H2,1H3/b6-5+,25-20+;. The zero-order chi connectivity index (χ0) is 25.2. The Morgan fingerprint density at radius 1 is 1.09 bits per heavy atom. The Morgan fingerprint density at radius 2 is 1.68 bits per heavy atom. The van der Waals surface area contributed by atoms with Crippen molar-refractivity contribution in [1.82, 2.24) is 10.2 Å². The summed E-state index contributed by atoms with van der Waals surface area (Å²) in [5.74, 6) is 2.38. The van der Waals surface area contributed by atoms with Crippen LogP contribution >= 0.6 is 0 Å². The second-order valence-electron chi connectivity index (χ2n) is 7.84. The average molecular weight is 457 g/mol. The first kappa shape index (κ1) is 28.1. The molecule has 0 saturated carbocycles. The summed E-state index contributed by atoms with van der Waals surface area (Å²) in [7, 11) is 1.98. The van der Waals surface area contributed by atoms with Gasteiger partial charge in [0.2, 0.25) is 0 Å². The van der Waals surface area contributed by atoms with Crippen LogP contribution in [0.15, 0.2) is 72.5 Å². The van der Waals surface area contributed by atoms with Crippen LogP contribution in [-0.2, 0) is 24.2 Å². The number of hydrogen-bond acceptors (Lipinski definition) is 4. The van der Waals surface area contributed by atoms with Gasteiger partial charge in [-0.05, 0) is 43.4 Å². The lowest BCUT2D eigenvalue weighted by Crippen LogP contribution is -2.26. The molecule has 0 aliphatic rings. The summed E-state index contributed by atoms with van der Waals surface area (Å²) in [6.45, 7) is 7.11. The molecular weight excluding hydrogens is 420 g/mol. The van der Waals surface area contributed by atoms with Crippen LogP contribution in [0.2, 0.25) is 0 Å². The molecule has 2 aromatic carbocycles. The van der Waals surface area contributed by atoms with E-state index in [1.807, 2.05) is 54.6 Å². The Bertz CT molecular complexity index is 1030. The maximum absolute atomic E-state index is 12.7. The molecule has 0 aliphatic carbocycles.